The zero-order valence-electron chi connectivity index (χ0n) is 14.0. The maximum absolute atomic E-state index is 6.02. The van der Waals surface area contributed by atoms with Gasteiger partial charge < -0.3 is 13.6 Å². The van der Waals surface area contributed by atoms with E-state index in [4.69, 9.17) is 13.6 Å². The number of ether oxygens (including phenoxy) is 1. The van der Waals surface area contributed by atoms with Gasteiger partial charge in [-0.25, -0.2) is 0 Å². The summed E-state index contributed by atoms with van der Waals surface area (Å²) in [6.07, 6.45) is 0. The highest BCUT2D eigenvalue weighted by atomic mass is 16.5. The van der Waals surface area contributed by atoms with E-state index in [0.29, 0.717) is 11.8 Å². The van der Waals surface area contributed by atoms with E-state index in [1.165, 1.54) is 0 Å². The maximum Gasteiger partial charge on any atom is 0.233 e. The molecule has 0 unspecified atom stereocenters. The molecule has 122 valence electrons. The van der Waals surface area contributed by atoms with Crippen molar-refractivity contribution < 1.29 is 13.6 Å². The monoisotopic (exact) mass is 315 g/mol. The second kappa shape index (κ2) is 6.04. The highest BCUT2D eigenvalue weighted by molar-refractivity contribution is 5.83. The van der Waals surface area contributed by atoms with Crippen LogP contribution in [0.1, 0.15) is 49.0 Å². The first-order chi connectivity index (χ1) is 11.0. The molecule has 0 aliphatic heterocycles. The van der Waals surface area contributed by atoms with Crippen LogP contribution in [0.15, 0.2) is 27.0 Å². The molecule has 3 rings (SSSR count). The Morgan fingerprint density at radius 3 is 2.52 bits per heavy atom. The predicted octanol–water partition coefficient (Wildman–Crippen LogP) is 3.85. The van der Waals surface area contributed by atoms with E-state index < -0.39 is 0 Å². The molecule has 0 saturated carbocycles. The van der Waals surface area contributed by atoms with Crippen molar-refractivity contribution in [2.75, 3.05) is 7.11 Å². The van der Waals surface area contributed by atoms with Gasteiger partial charge in [0.05, 0.1) is 19.2 Å². The number of hydrogen-bond donors (Lipinski definition) is 1. The quantitative estimate of drug-likeness (QED) is 0.771. The van der Waals surface area contributed by atoms with Crippen molar-refractivity contribution in [1.82, 2.24) is 15.5 Å². The van der Waals surface area contributed by atoms with Crippen molar-refractivity contribution in [3.8, 4) is 5.75 Å². The molecule has 1 N–H and O–H groups in total. The van der Waals surface area contributed by atoms with Gasteiger partial charge in [0.2, 0.25) is 11.8 Å². The average molecular weight is 315 g/mol. The fourth-order valence-electron chi connectivity index (χ4n) is 2.77. The third kappa shape index (κ3) is 2.94. The third-order valence-corrected chi connectivity index (χ3v) is 3.99. The fraction of sp³-hybridized carbons (Fsp3) is 0.412. The number of methoxy groups -OCH3 is 1. The fourth-order valence-corrected chi connectivity index (χ4v) is 2.77. The number of aromatic nitrogens is 2. The molecule has 0 spiro atoms. The maximum atomic E-state index is 6.02. The van der Waals surface area contributed by atoms with Crippen molar-refractivity contribution in [2.24, 2.45) is 0 Å². The summed E-state index contributed by atoms with van der Waals surface area (Å²) in [5.41, 5.74) is 1.96. The van der Waals surface area contributed by atoms with E-state index in [2.05, 4.69) is 29.4 Å². The Labute approximate surface area is 134 Å². The minimum absolute atomic E-state index is 0.00982. The standard InChI is InChI=1S/C17H21N3O3/c1-9-14-8-13(21-5)6-7-15(14)23-16(9)10(2)18-11(3)17-20-19-12(4)22-17/h6-8,10-11,18H,1-5H3/t10-,11+/m0/s1. The third-order valence-electron chi connectivity index (χ3n) is 3.99. The highest BCUT2D eigenvalue weighted by Gasteiger charge is 2.21. The molecule has 1 aromatic carbocycles. The Morgan fingerprint density at radius 1 is 1.09 bits per heavy atom. The first kappa shape index (κ1) is 15.6. The molecule has 0 aliphatic carbocycles. The van der Waals surface area contributed by atoms with Gasteiger partial charge in [0.15, 0.2) is 0 Å². The zero-order valence-corrected chi connectivity index (χ0v) is 14.0. The van der Waals surface area contributed by atoms with Gasteiger partial charge in [-0.1, -0.05) is 0 Å². The predicted molar refractivity (Wildman–Crippen MR) is 86.5 cm³/mol. The molecular formula is C17H21N3O3. The number of fused-ring (bicyclic) bond motifs is 1. The SMILES string of the molecule is COc1ccc2oc([C@H](C)N[C@H](C)c3nnc(C)o3)c(C)c2c1. The number of furan rings is 1. The van der Waals surface area contributed by atoms with Crippen LogP contribution < -0.4 is 10.1 Å². The van der Waals surface area contributed by atoms with Crippen LogP contribution in [0.4, 0.5) is 0 Å². The largest absolute Gasteiger partial charge is 0.497 e. The van der Waals surface area contributed by atoms with Gasteiger partial charge in [0.25, 0.3) is 0 Å². The van der Waals surface area contributed by atoms with Gasteiger partial charge in [-0.15, -0.1) is 10.2 Å². The molecule has 0 fully saturated rings. The Morgan fingerprint density at radius 2 is 1.87 bits per heavy atom. The first-order valence-electron chi connectivity index (χ1n) is 7.62. The summed E-state index contributed by atoms with van der Waals surface area (Å²) in [6, 6.07) is 5.78. The number of nitrogens with one attached hydrogen (secondary N) is 1. The molecule has 6 nitrogen and oxygen atoms in total. The lowest BCUT2D eigenvalue weighted by Crippen LogP contribution is -2.22. The number of nitrogens with zero attached hydrogens (tertiary/aromatic N) is 2. The smallest absolute Gasteiger partial charge is 0.233 e. The van der Waals surface area contributed by atoms with Crippen molar-refractivity contribution in [1.29, 1.82) is 0 Å². The lowest BCUT2D eigenvalue weighted by Gasteiger charge is -2.16. The summed E-state index contributed by atoms with van der Waals surface area (Å²) in [7, 11) is 1.66. The van der Waals surface area contributed by atoms with E-state index in [9.17, 15) is 0 Å². The van der Waals surface area contributed by atoms with E-state index in [1.807, 2.05) is 25.1 Å². The molecule has 23 heavy (non-hydrogen) atoms. The minimum Gasteiger partial charge on any atom is -0.497 e. The van der Waals surface area contributed by atoms with Gasteiger partial charge in [0.1, 0.15) is 17.1 Å². The van der Waals surface area contributed by atoms with Crippen LogP contribution in [0.5, 0.6) is 5.75 Å². The van der Waals surface area contributed by atoms with Crippen LogP contribution in [0.2, 0.25) is 0 Å². The topological polar surface area (TPSA) is 73.3 Å². The van der Waals surface area contributed by atoms with Crippen LogP contribution >= 0.6 is 0 Å². The van der Waals surface area contributed by atoms with Gasteiger partial charge in [-0.05, 0) is 39.0 Å². The molecule has 2 aromatic heterocycles. The Hall–Kier alpha value is -2.34. The first-order valence-corrected chi connectivity index (χ1v) is 7.62. The minimum atomic E-state index is -0.0617. The Bertz CT molecular complexity index is 822. The number of hydrogen-bond acceptors (Lipinski definition) is 6. The molecule has 0 saturated heterocycles. The number of benzene rings is 1. The second-order valence-corrected chi connectivity index (χ2v) is 5.72. The summed E-state index contributed by atoms with van der Waals surface area (Å²) >= 11 is 0. The Kier molecular flexibility index (Phi) is 4.09. The molecular weight excluding hydrogens is 294 g/mol. The summed E-state index contributed by atoms with van der Waals surface area (Å²) < 4.78 is 16.8. The van der Waals surface area contributed by atoms with E-state index in [1.54, 1.807) is 14.0 Å². The van der Waals surface area contributed by atoms with E-state index >= 15 is 0 Å². The summed E-state index contributed by atoms with van der Waals surface area (Å²) in [4.78, 5) is 0. The lowest BCUT2D eigenvalue weighted by atomic mass is 10.1. The van der Waals surface area contributed by atoms with Crippen LogP contribution in [-0.2, 0) is 0 Å². The van der Waals surface area contributed by atoms with Gasteiger partial charge in [0, 0.05) is 17.9 Å². The highest BCUT2D eigenvalue weighted by Crippen LogP contribution is 2.32. The average Bonchev–Trinajstić information content (AvgIpc) is 3.11. The molecule has 0 aliphatic rings. The molecule has 0 amide bonds. The van der Waals surface area contributed by atoms with Gasteiger partial charge in [-0.2, -0.15) is 0 Å². The molecule has 6 heteroatoms. The molecule has 0 bridgehead atoms. The van der Waals surface area contributed by atoms with Crippen molar-refractivity contribution in [3.63, 3.8) is 0 Å². The molecule has 3 aromatic rings. The lowest BCUT2D eigenvalue weighted by molar-refractivity contribution is 0.356. The zero-order chi connectivity index (χ0) is 16.6. The summed E-state index contributed by atoms with van der Waals surface area (Å²) in [6.45, 7) is 7.88. The Balaban J connectivity index is 1.85. The van der Waals surface area contributed by atoms with E-state index in [0.717, 1.165) is 28.0 Å². The number of aryl methyl sites for hydroxylation is 2. The molecule has 0 radical (unpaired) electrons. The summed E-state index contributed by atoms with van der Waals surface area (Å²) in [5.74, 6) is 2.86. The second-order valence-electron chi connectivity index (χ2n) is 5.72. The van der Waals surface area contributed by atoms with Gasteiger partial charge >= 0.3 is 0 Å². The van der Waals surface area contributed by atoms with Crippen molar-refractivity contribution >= 4 is 11.0 Å². The van der Waals surface area contributed by atoms with E-state index in [-0.39, 0.29) is 12.1 Å². The van der Waals surface area contributed by atoms with Gasteiger partial charge in [-0.3, -0.25) is 5.32 Å². The molecule has 2 heterocycles. The molecule has 2 atom stereocenters. The van der Waals surface area contributed by atoms with Crippen molar-refractivity contribution in [3.05, 3.63) is 41.3 Å². The van der Waals surface area contributed by atoms with Crippen LogP contribution in [0.25, 0.3) is 11.0 Å². The van der Waals surface area contributed by atoms with Crippen LogP contribution in [0.3, 0.4) is 0 Å². The van der Waals surface area contributed by atoms with Crippen LogP contribution in [0, 0.1) is 13.8 Å². The number of rotatable bonds is 5. The summed E-state index contributed by atoms with van der Waals surface area (Å²) in [5, 5.41) is 12.4. The normalized spacial score (nSPS) is 14.1. The van der Waals surface area contributed by atoms with Crippen LogP contribution in [-0.4, -0.2) is 17.3 Å². The van der Waals surface area contributed by atoms with Crippen molar-refractivity contribution in [2.45, 2.75) is 39.8 Å².